The fourth-order valence-electron chi connectivity index (χ4n) is 2.84. The first-order chi connectivity index (χ1) is 12.8. The van der Waals surface area contributed by atoms with Crippen LogP contribution in [-0.2, 0) is 0 Å². The molecule has 3 N–H and O–H groups in total. The third kappa shape index (κ3) is 34.2. The van der Waals surface area contributed by atoms with E-state index in [0.29, 0.717) is 18.4 Å². The first kappa shape index (κ1) is 29.4. The van der Waals surface area contributed by atoms with E-state index in [1.165, 1.54) is 70.0 Å². The number of hydrogen-bond donors (Lipinski definition) is 3. The molecule has 3 nitrogen and oxygen atoms in total. The zero-order valence-corrected chi connectivity index (χ0v) is 19.7. The molecular formula is C23H50O3S. The number of unbranched alkanes of at least 4 members (excludes halogenated alkanes) is 10. The van der Waals surface area contributed by atoms with E-state index in [2.05, 4.69) is 27.7 Å². The highest BCUT2D eigenvalue weighted by molar-refractivity contribution is 7.99. The monoisotopic (exact) mass is 406 g/mol. The van der Waals surface area contributed by atoms with E-state index in [1.54, 1.807) is 0 Å². The summed E-state index contributed by atoms with van der Waals surface area (Å²) in [6, 6.07) is 0. The standard InChI is InChI=1S/C14H30OS.C9H20O2/c1-2-3-4-5-6-7-8-9-10-11-13-16-14-12-15;1-9(2,3)7-5-4-6-8(10)11/h15H,2-14H2,1H3;8,10-11H,4-7H2,1-3H3. The molecule has 0 atom stereocenters. The second-order valence-corrected chi connectivity index (χ2v) is 10.0. The van der Waals surface area contributed by atoms with Crippen molar-refractivity contribution in [3.63, 3.8) is 0 Å². The van der Waals surface area contributed by atoms with E-state index >= 15 is 0 Å². The lowest BCUT2D eigenvalue weighted by atomic mass is 9.89. The van der Waals surface area contributed by atoms with Gasteiger partial charge in [-0.15, -0.1) is 0 Å². The van der Waals surface area contributed by atoms with Crippen LogP contribution < -0.4 is 0 Å². The topological polar surface area (TPSA) is 60.7 Å². The number of thioether (sulfide) groups is 1. The van der Waals surface area contributed by atoms with Gasteiger partial charge in [-0.1, -0.05) is 91.9 Å². The molecule has 0 saturated carbocycles. The molecule has 0 aliphatic heterocycles. The molecule has 0 aromatic rings. The Kier molecular flexibility index (Phi) is 24.5. The third-order valence-electron chi connectivity index (χ3n) is 4.52. The summed E-state index contributed by atoms with van der Waals surface area (Å²) in [4.78, 5) is 0. The molecule has 0 saturated heterocycles. The Bertz CT molecular complexity index is 251. The summed E-state index contributed by atoms with van der Waals surface area (Å²) < 4.78 is 0. The first-order valence-corrected chi connectivity index (χ1v) is 12.5. The van der Waals surface area contributed by atoms with E-state index in [0.717, 1.165) is 25.0 Å². The summed E-state index contributed by atoms with van der Waals surface area (Å²) in [5.41, 5.74) is 0.375. The molecule has 0 aliphatic rings. The molecule has 0 aliphatic carbocycles. The van der Waals surface area contributed by atoms with Crippen molar-refractivity contribution < 1.29 is 15.3 Å². The largest absolute Gasteiger partial charge is 0.396 e. The van der Waals surface area contributed by atoms with Gasteiger partial charge in [-0.2, -0.15) is 11.8 Å². The lowest BCUT2D eigenvalue weighted by Crippen LogP contribution is -2.07. The molecule has 0 radical (unpaired) electrons. The summed E-state index contributed by atoms with van der Waals surface area (Å²) >= 11 is 1.88. The van der Waals surface area contributed by atoms with E-state index < -0.39 is 6.29 Å². The molecule has 0 bridgehead atoms. The Labute approximate surface area is 174 Å². The molecule has 0 spiro atoms. The number of rotatable bonds is 17. The molecule has 0 aromatic heterocycles. The van der Waals surface area contributed by atoms with E-state index in [-0.39, 0.29) is 0 Å². The number of aliphatic hydroxyl groups is 3. The fraction of sp³-hybridized carbons (Fsp3) is 1.00. The van der Waals surface area contributed by atoms with Crippen LogP contribution in [0.3, 0.4) is 0 Å². The van der Waals surface area contributed by atoms with Crippen LogP contribution in [0.15, 0.2) is 0 Å². The van der Waals surface area contributed by atoms with Crippen molar-refractivity contribution in [2.75, 3.05) is 18.1 Å². The molecule has 166 valence electrons. The number of aliphatic hydroxyl groups excluding tert-OH is 2. The van der Waals surface area contributed by atoms with Crippen molar-refractivity contribution >= 4 is 11.8 Å². The molecule has 0 fully saturated rings. The summed E-state index contributed by atoms with van der Waals surface area (Å²) in [5, 5.41) is 25.7. The SMILES string of the molecule is CC(C)(C)CCCCC(O)O.CCCCCCCCCCCCSCCO. The Morgan fingerprint density at radius 3 is 1.67 bits per heavy atom. The van der Waals surface area contributed by atoms with E-state index in [9.17, 15) is 0 Å². The molecule has 0 aromatic carbocycles. The zero-order valence-electron chi connectivity index (χ0n) is 18.8. The molecule has 0 unspecified atom stereocenters. The van der Waals surface area contributed by atoms with Crippen molar-refractivity contribution in [2.45, 2.75) is 124 Å². The second kappa shape index (κ2) is 22.5. The van der Waals surface area contributed by atoms with Gasteiger partial charge >= 0.3 is 0 Å². The Balaban J connectivity index is 0. The summed E-state index contributed by atoms with van der Waals surface area (Å²) in [6.07, 6.45) is 16.6. The first-order valence-electron chi connectivity index (χ1n) is 11.4. The molecule has 0 heterocycles. The average Bonchev–Trinajstić information content (AvgIpc) is 2.59. The van der Waals surface area contributed by atoms with Crippen LogP contribution in [0.25, 0.3) is 0 Å². The molecule has 0 rings (SSSR count). The quantitative estimate of drug-likeness (QED) is 0.190. The van der Waals surface area contributed by atoms with Gasteiger partial charge in [0.2, 0.25) is 0 Å². The van der Waals surface area contributed by atoms with E-state index in [4.69, 9.17) is 15.3 Å². The Hall–Kier alpha value is 0.230. The zero-order chi connectivity index (χ0) is 20.8. The molecule has 0 amide bonds. The van der Waals surface area contributed by atoms with Crippen LogP contribution in [-0.4, -0.2) is 39.7 Å². The van der Waals surface area contributed by atoms with Gasteiger partial charge in [0, 0.05) is 5.75 Å². The van der Waals surface area contributed by atoms with Gasteiger partial charge in [-0.25, -0.2) is 0 Å². The van der Waals surface area contributed by atoms with Gasteiger partial charge in [-0.3, -0.25) is 0 Å². The minimum absolute atomic E-state index is 0.336. The van der Waals surface area contributed by atoms with Crippen LogP contribution in [0.5, 0.6) is 0 Å². The van der Waals surface area contributed by atoms with Gasteiger partial charge in [0.1, 0.15) is 0 Å². The highest BCUT2D eigenvalue weighted by atomic mass is 32.2. The predicted octanol–water partition coefficient (Wildman–Crippen LogP) is 6.54. The van der Waals surface area contributed by atoms with Crippen molar-refractivity contribution in [3.8, 4) is 0 Å². The van der Waals surface area contributed by atoms with Crippen LogP contribution in [0.4, 0.5) is 0 Å². The molecular weight excluding hydrogens is 356 g/mol. The smallest absolute Gasteiger partial charge is 0.151 e. The second-order valence-electron chi connectivity index (χ2n) is 8.81. The molecule has 4 heteroatoms. The highest BCUT2D eigenvalue weighted by Gasteiger charge is 2.09. The van der Waals surface area contributed by atoms with Crippen molar-refractivity contribution in [1.82, 2.24) is 0 Å². The Morgan fingerprint density at radius 2 is 1.22 bits per heavy atom. The maximum Gasteiger partial charge on any atom is 0.151 e. The maximum absolute atomic E-state index is 8.61. The van der Waals surface area contributed by atoms with E-state index in [1.807, 2.05) is 11.8 Å². The van der Waals surface area contributed by atoms with Crippen LogP contribution in [0.2, 0.25) is 0 Å². The van der Waals surface area contributed by atoms with Crippen molar-refractivity contribution in [1.29, 1.82) is 0 Å². The van der Waals surface area contributed by atoms with Gasteiger partial charge in [0.05, 0.1) is 6.61 Å². The highest BCUT2D eigenvalue weighted by Crippen LogP contribution is 2.22. The molecule has 27 heavy (non-hydrogen) atoms. The summed E-state index contributed by atoms with van der Waals surface area (Å²) in [6.45, 7) is 9.20. The van der Waals surface area contributed by atoms with Gasteiger partial charge < -0.3 is 15.3 Å². The lowest BCUT2D eigenvalue weighted by molar-refractivity contribution is -0.0468. The fourth-order valence-corrected chi connectivity index (χ4v) is 3.58. The summed E-state index contributed by atoms with van der Waals surface area (Å²) in [5.74, 6) is 2.15. The average molecular weight is 407 g/mol. The normalized spacial score (nSPS) is 11.6. The lowest BCUT2D eigenvalue weighted by Gasteiger charge is -2.17. The van der Waals surface area contributed by atoms with Crippen molar-refractivity contribution in [3.05, 3.63) is 0 Å². The van der Waals surface area contributed by atoms with Crippen LogP contribution in [0, 0.1) is 5.41 Å². The minimum atomic E-state index is -1.12. The summed E-state index contributed by atoms with van der Waals surface area (Å²) in [7, 11) is 0. The maximum atomic E-state index is 8.61. The van der Waals surface area contributed by atoms with Gasteiger partial charge in [0.25, 0.3) is 0 Å². The minimum Gasteiger partial charge on any atom is -0.396 e. The van der Waals surface area contributed by atoms with Crippen LogP contribution in [0.1, 0.15) is 118 Å². The predicted molar refractivity (Wildman–Crippen MR) is 122 cm³/mol. The Morgan fingerprint density at radius 1 is 0.704 bits per heavy atom. The number of hydrogen-bond acceptors (Lipinski definition) is 4. The third-order valence-corrected chi connectivity index (χ3v) is 5.57. The van der Waals surface area contributed by atoms with Crippen LogP contribution >= 0.6 is 11.8 Å². The van der Waals surface area contributed by atoms with Gasteiger partial charge in [-0.05, 0) is 36.9 Å². The van der Waals surface area contributed by atoms with Gasteiger partial charge in [0.15, 0.2) is 6.29 Å². The van der Waals surface area contributed by atoms with Crippen molar-refractivity contribution in [2.24, 2.45) is 5.41 Å².